The minimum Gasteiger partial charge on any atom is -0.492 e. The molecule has 0 amide bonds. The summed E-state index contributed by atoms with van der Waals surface area (Å²) >= 11 is 0. The smallest absolute Gasteiger partial charge is 0.191 e. The van der Waals surface area contributed by atoms with E-state index in [-0.39, 0.29) is 24.0 Å². The summed E-state index contributed by atoms with van der Waals surface area (Å²) in [7, 11) is 1.70. The molecule has 0 saturated carbocycles. The molecule has 0 bridgehead atoms. The topological polar surface area (TPSA) is 85.6 Å². The Bertz CT molecular complexity index is 665. The number of hydrogen-bond donors (Lipinski definition) is 2. The van der Waals surface area contributed by atoms with E-state index >= 15 is 0 Å². The molecule has 0 atom stereocenters. The molecule has 0 spiro atoms. The van der Waals surface area contributed by atoms with Crippen molar-refractivity contribution in [2.45, 2.75) is 26.3 Å². The van der Waals surface area contributed by atoms with Crippen LogP contribution in [0.2, 0.25) is 0 Å². The summed E-state index contributed by atoms with van der Waals surface area (Å²) in [6.45, 7) is 6.23. The van der Waals surface area contributed by atoms with Crippen LogP contribution in [0.1, 0.15) is 19.2 Å². The fraction of sp³-hybridized carbons (Fsp3) is 0.526. The Labute approximate surface area is 184 Å². The van der Waals surface area contributed by atoms with Crippen molar-refractivity contribution in [3.8, 4) is 5.75 Å². The van der Waals surface area contributed by atoms with E-state index in [2.05, 4.69) is 32.7 Å². The maximum atomic E-state index is 5.71. The van der Waals surface area contributed by atoms with E-state index in [4.69, 9.17) is 9.47 Å². The molecule has 0 aliphatic rings. The molecule has 156 valence electrons. The zero-order valence-corrected chi connectivity index (χ0v) is 19.0. The van der Waals surface area contributed by atoms with E-state index in [9.17, 15) is 0 Å². The van der Waals surface area contributed by atoms with Crippen molar-refractivity contribution >= 4 is 29.9 Å². The summed E-state index contributed by atoms with van der Waals surface area (Å²) in [4.78, 5) is 4.59. The third kappa shape index (κ3) is 9.36. The minimum absolute atomic E-state index is 0. The number of halogens is 1. The van der Waals surface area contributed by atoms with E-state index in [0.29, 0.717) is 26.3 Å². The number of nitrogens with one attached hydrogen (secondary N) is 2. The van der Waals surface area contributed by atoms with Crippen molar-refractivity contribution in [3.05, 3.63) is 42.5 Å². The number of aromatic nitrogens is 3. The van der Waals surface area contributed by atoms with Gasteiger partial charge in [-0.05, 0) is 18.6 Å². The van der Waals surface area contributed by atoms with E-state index in [1.165, 1.54) is 0 Å². The maximum Gasteiger partial charge on any atom is 0.191 e. The Hall–Kier alpha value is -1.88. The van der Waals surface area contributed by atoms with Crippen LogP contribution in [0, 0.1) is 0 Å². The number of aliphatic imine (C=N–C) groups is 1. The van der Waals surface area contributed by atoms with Gasteiger partial charge in [0, 0.05) is 39.8 Å². The van der Waals surface area contributed by atoms with Crippen molar-refractivity contribution in [1.82, 2.24) is 25.4 Å². The fourth-order valence-corrected chi connectivity index (χ4v) is 2.46. The predicted octanol–water partition coefficient (Wildman–Crippen LogP) is 2.11. The van der Waals surface area contributed by atoms with Crippen LogP contribution in [0.4, 0.5) is 0 Å². The first-order valence-corrected chi connectivity index (χ1v) is 9.39. The molecule has 0 unspecified atom stereocenters. The summed E-state index contributed by atoms with van der Waals surface area (Å²) in [5, 5.41) is 14.7. The second-order valence-corrected chi connectivity index (χ2v) is 5.89. The van der Waals surface area contributed by atoms with Gasteiger partial charge in [0.05, 0.1) is 6.54 Å². The van der Waals surface area contributed by atoms with Crippen LogP contribution in [0.15, 0.2) is 41.7 Å². The monoisotopic (exact) mass is 502 g/mol. The number of nitrogens with zero attached hydrogens (tertiary/aromatic N) is 4. The van der Waals surface area contributed by atoms with Crippen molar-refractivity contribution < 1.29 is 9.47 Å². The molecule has 2 aromatic rings. The largest absolute Gasteiger partial charge is 0.492 e. The molecule has 0 aliphatic carbocycles. The fourth-order valence-electron chi connectivity index (χ4n) is 2.46. The van der Waals surface area contributed by atoms with Crippen molar-refractivity contribution in [2.75, 3.05) is 40.0 Å². The third-order valence-corrected chi connectivity index (χ3v) is 3.84. The quantitative estimate of drug-likeness (QED) is 0.200. The molecular weight excluding hydrogens is 471 g/mol. The zero-order valence-electron chi connectivity index (χ0n) is 16.6. The lowest BCUT2D eigenvalue weighted by molar-refractivity contribution is 0.197. The number of para-hydroxylation sites is 1. The van der Waals surface area contributed by atoms with Crippen LogP contribution in [0.5, 0.6) is 5.75 Å². The molecule has 9 heteroatoms. The molecule has 0 fully saturated rings. The number of guanidine groups is 1. The lowest BCUT2D eigenvalue weighted by Gasteiger charge is -2.14. The Morgan fingerprint density at radius 2 is 1.93 bits per heavy atom. The summed E-state index contributed by atoms with van der Waals surface area (Å²) in [6.07, 6.45) is 3.51. The molecule has 8 nitrogen and oxygen atoms in total. The summed E-state index contributed by atoms with van der Waals surface area (Å²) < 4.78 is 12.8. The Morgan fingerprint density at radius 3 is 2.68 bits per heavy atom. The van der Waals surface area contributed by atoms with Gasteiger partial charge in [0.1, 0.15) is 24.5 Å². The van der Waals surface area contributed by atoms with Crippen molar-refractivity contribution in [1.29, 1.82) is 0 Å². The van der Waals surface area contributed by atoms with Crippen molar-refractivity contribution in [3.63, 3.8) is 0 Å². The Morgan fingerprint density at radius 1 is 1.14 bits per heavy atom. The van der Waals surface area contributed by atoms with Gasteiger partial charge in [-0.1, -0.05) is 25.1 Å². The first-order valence-electron chi connectivity index (χ1n) is 9.39. The molecule has 0 radical (unpaired) electrons. The molecule has 0 aliphatic heterocycles. The van der Waals surface area contributed by atoms with Gasteiger partial charge in [0.15, 0.2) is 5.96 Å². The average molecular weight is 502 g/mol. The highest BCUT2D eigenvalue weighted by atomic mass is 127. The number of methoxy groups -OCH3 is 1. The van der Waals surface area contributed by atoms with Gasteiger partial charge in [-0.15, -0.1) is 34.2 Å². The number of ether oxygens (including phenoxy) is 2. The number of aryl methyl sites for hydroxylation is 1. The van der Waals surface area contributed by atoms with Gasteiger partial charge in [-0.2, -0.15) is 0 Å². The van der Waals surface area contributed by atoms with Crippen LogP contribution in [0.25, 0.3) is 0 Å². The van der Waals surface area contributed by atoms with Gasteiger partial charge < -0.3 is 24.7 Å². The van der Waals surface area contributed by atoms with Crippen LogP contribution in [0.3, 0.4) is 0 Å². The van der Waals surface area contributed by atoms with Gasteiger partial charge in [0.25, 0.3) is 0 Å². The molecule has 0 saturated heterocycles. The van der Waals surface area contributed by atoms with Crippen LogP contribution >= 0.6 is 24.0 Å². The highest BCUT2D eigenvalue weighted by molar-refractivity contribution is 14.0. The molecule has 1 heterocycles. The Kier molecular flexibility index (Phi) is 13.0. The second kappa shape index (κ2) is 15.1. The standard InChI is InChI=1S/C19H30N6O2.HI/c1-3-18-24-23-16-25(18)13-11-21-19(20-10-7-14-26-2)22-12-15-27-17-8-5-4-6-9-17;/h4-6,8-9,16H,3,7,10-15H2,1-2H3,(H2,20,21,22);1H. The van der Waals surface area contributed by atoms with E-state index in [1.807, 2.05) is 34.9 Å². The van der Waals surface area contributed by atoms with E-state index in [0.717, 1.165) is 43.5 Å². The Balaban J connectivity index is 0.00000392. The average Bonchev–Trinajstić information content (AvgIpc) is 3.16. The third-order valence-electron chi connectivity index (χ3n) is 3.84. The molecule has 2 rings (SSSR count). The number of hydrogen-bond acceptors (Lipinski definition) is 5. The normalized spacial score (nSPS) is 11.0. The molecule has 2 N–H and O–H groups in total. The van der Waals surface area contributed by atoms with Gasteiger partial charge >= 0.3 is 0 Å². The van der Waals surface area contributed by atoms with Crippen LogP contribution < -0.4 is 15.4 Å². The summed E-state index contributed by atoms with van der Waals surface area (Å²) in [5.74, 6) is 2.62. The molecule has 1 aromatic carbocycles. The van der Waals surface area contributed by atoms with Gasteiger partial charge in [0.2, 0.25) is 0 Å². The summed E-state index contributed by atoms with van der Waals surface area (Å²) in [6, 6.07) is 9.79. The SMILES string of the molecule is CCc1nncn1CCNC(=NCCCOC)NCCOc1ccccc1.I. The van der Waals surface area contributed by atoms with Crippen molar-refractivity contribution in [2.24, 2.45) is 4.99 Å². The molecule has 1 aromatic heterocycles. The molecule has 28 heavy (non-hydrogen) atoms. The zero-order chi connectivity index (χ0) is 19.2. The number of benzene rings is 1. The van der Waals surface area contributed by atoms with E-state index in [1.54, 1.807) is 13.4 Å². The second-order valence-electron chi connectivity index (χ2n) is 5.89. The highest BCUT2D eigenvalue weighted by Crippen LogP contribution is 2.07. The van der Waals surface area contributed by atoms with E-state index < -0.39 is 0 Å². The number of rotatable bonds is 12. The van der Waals surface area contributed by atoms with Crippen LogP contribution in [-0.4, -0.2) is 60.7 Å². The van der Waals surface area contributed by atoms with Gasteiger partial charge in [-0.25, -0.2) is 0 Å². The predicted molar refractivity (Wildman–Crippen MR) is 122 cm³/mol. The lowest BCUT2D eigenvalue weighted by Crippen LogP contribution is -2.41. The first kappa shape index (κ1) is 24.2. The molecular formula is C19H31IN6O2. The summed E-state index contributed by atoms with van der Waals surface area (Å²) in [5.41, 5.74) is 0. The van der Waals surface area contributed by atoms with Crippen LogP contribution in [-0.2, 0) is 17.7 Å². The maximum absolute atomic E-state index is 5.71. The van der Waals surface area contributed by atoms with Gasteiger partial charge in [-0.3, -0.25) is 4.99 Å². The highest BCUT2D eigenvalue weighted by Gasteiger charge is 2.03. The minimum atomic E-state index is 0. The first-order chi connectivity index (χ1) is 13.3. The lowest BCUT2D eigenvalue weighted by atomic mass is 10.3.